The molecule has 2 aromatic rings. The van der Waals surface area contributed by atoms with Crippen LogP contribution in [0.15, 0.2) is 41.6 Å². The smallest absolute Gasteiger partial charge is 0.433 e. The van der Waals surface area contributed by atoms with E-state index >= 15 is 0 Å². The Hall–Kier alpha value is -2.75. The molecule has 1 atom stereocenters. The number of fused-ring (bicyclic) bond motifs is 2. The van der Waals surface area contributed by atoms with Crippen LogP contribution in [0.3, 0.4) is 0 Å². The Balaban J connectivity index is 1.65. The number of anilines is 1. The number of carbonyl (C=O) groups is 1. The van der Waals surface area contributed by atoms with Crippen molar-refractivity contribution >= 4 is 28.4 Å². The lowest BCUT2D eigenvalue weighted by molar-refractivity contribution is -0.141. The van der Waals surface area contributed by atoms with E-state index in [0.29, 0.717) is 27.6 Å². The molecular formula is C16H11F3N4O2S. The van der Waals surface area contributed by atoms with Gasteiger partial charge in [-0.1, -0.05) is 11.8 Å². The molecule has 2 N–H and O–H groups in total. The van der Waals surface area contributed by atoms with Crippen molar-refractivity contribution in [1.82, 2.24) is 10.4 Å². The number of amides is 1. The fourth-order valence-corrected chi connectivity index (χ4v) is 3.86. The minimum absolute atomic E-state index is 0.315. The molecule has 4 rings (SSSR count). The lowest BCUT2D eigenvalue weighted by atomic mass is 10.1. The van der Waals surface area contributed by atoms with E-state index in [1.807, 2.05) is 0 Å². The topological polar surface area (TPSA) is 75.6 Å². The number of rotatable bonds is 2. The van der Waals surface area contributed by atoms with Gasteiger partial charge in [-0.25, -0.2) is 0 Å². The maximum Gasteiger partial charge on any atom is 0.433 e. The molecule has 2 aliphatic heterocycles. The monoisotopic (exact) mass is 380 g/mol. The molecule has 1 spiro atoms. The molecule has 0 saturated carbocycles. The van der Waals surface area contributed by atoms with Crippen LogP contribution < -0.4 is 15.5 Å². The van der Waals surface area contributed by atoms with Crippen molar-refractivity contribution in [2.75, 3.05) is 12.4 Å². The number of methoxy groups -OCH3 is 1. The number of benzene rings is 1. The molecule has 0 saturated heterocycles. The quantitative estimate of drug-likeness (QED) is 0.838. The van der Waals surface area contributed by atoms with Crippen molar-refractivity contribution in [3.05, 3.63) is 53.3 Å². The predicted molar refractivity (Wildman–Crippen MR) is 89.8 cm³/mol. The lowest BCUT2D eigenvalue weighted by Gasteiger charge is -2.20. The molecule has 1 aromatic carbocycles. The van der Waals surface area contributed by atoms with E-state index < -0.39 is 16.7 Å². The van der Waals surface area contributed by atoms with Crippen LogP contribution >= 0.6 is 11.8 Å². The summed E-state index contributed by atoms with van der Waals surface area (Å²) in [4.78, 5) is 14.8. The maximum absolute atomic E-state index is 12.7. The highest BCUT2D eigenvalue weighted by atomic mass is 32.2. The SMILES string of the molecule is COc1ccc2c(c1)C1(NN=C(c3ccc(C(F)(F)F)nc3)S1)C(=O)N2. The Morgan fingerprint density at radius 1 is 1.23 bits per heavy atom. The van der Waals surface area contributed by atoms with Crippen molar-refractivity contribution < 1.29 is 22.7 Å². The van der Waals surface area contributed by atoms with Crippen molar-refractivity contribution in [3.63, 3.8) is 0 Å². The van der Waals surface area contributed by atoms with Gasteiger partial charge in [0.25, 0.3) is 5.91 Å². The van der Waals surface area contributed by atoms with Gasteiger partial charge >= 0.3 is 6.18 Å². The summed E-state index contributed by atoms with van der Waals surface area (Å²) in [6, 6.07) is 7.33. The minimum Gasteiger partial charge on any atom is -0.497 e. The molecule has 0 fully saturated rings. The lowest BCUT2D eigenvalue weighted by Crippen LogP contribution is -2.39. The first-order valence-corrected chi connectivity index (χ1v) is 8.22. The molecule has 1 unspecified atom stereocenters. The van der Waals surface area contributed by atoms with E-state index in [-0.39, 0.29) is 5.91 Å². The molecule has 1 amide bonds. The number of aromatic nitrogens is 1. The summed E-state index contributed by atoms with van der Waals surface area (Å²) in [5.41, 5.74) is 3.48. The Bertz CT molecular complexity index is 930. The summed E-state index contributed by atoms with van der Waals surface area (Å²) in [6.07, 6.45) is -3.42. The van der Waals surface area contributed by atoms with Gasteiger partial charge in [0, 0.05) is 23.0 Å². The van der Waals surface area contributed by atoms with E-state index in [2.05, 4.69) is 20.8 Å². The summed E-state index contributed by atoms with van der Waals surface area (Å²) in [5.74, 6) is 0.260. The number of nitrogens with zero attached hydrogens (tertiary/aromatic N) is 2. The summed E-state index contributed by atoms with van der Waals surface area (Å²) >= 11 is 1.11. The molecule has 6 nitrogen and oxygen atoms in total. The van der Waals surface area contributed by atoms with E-state index in [1.165, 1.54) is 13.2 Å². The van der Waals surface area contributed by atoms with Gasteiger partial charge in [0.15, 0.2) is 0 Å². The molecule has 26 heavy (non-hydrogen) atoms. The summed E-state index contributed by atoms with van der Waals surface area (Å²) in [6.45, 7) is 0. The standard InChI is InChI=1S/C16H11F3N4O2S/c1-25-9-3-4-11-10(6-9)15(14(24)21-11)23-22-13(26-15)8-2-5-12(20-7-8)16(17,18)19/h2-7,23H,1H3,(H,21,24). The third-order valence-electron chi connectivity index (χ3n) is 4.04. The van der Waals surface area contributed by atoms with Crippen LogP contribution in [0.1, 0.15) is 16.8 Å². The van der Waals surface area contributed by atoms with Gasteiger partial charge in [-0.15, -0.1) is 0 Å². The van der Waals surface area contributed by atoms with Crippen molar-refractivity contribution in [2.45, 2.75) is 11.0 Å². The second-order valence-corrected chi connectivity index (χ2v) is 6.81. The molecule has 0 bridgehead atoms. The number of nitrogens with one attached hydrogen (secondary N) is 2. The third kappa shape index (κ3) is 2.48. The van der Waals surface area contributed by atoms with Crippen molar-refractivity contribution in [3.8, 4) is 5.75 Å². The van der Waals surface area contributed by atoms with Crippen LogP contribution in [0.25, 0.3) is 0 Å². The Morgan fingerprint density at radius 3 is 2.69 bits per heavy atom. The van der Waals surface area contributed by atoms with Gasteiger partial charge in [-0.2, -0.15) is 18.3 Å². The Morgan fingerprint density at radius 2 is 2.04 bits per heavy atom. The summed E-state index contributed by atoms with van der Waals surface area (Å²) in [7, 11) is 1.52. The average Bonchev–Trinajstić information content (AvgIpc) is 3.18. The zero-order valence-electron chi connectivity index (χ0n) is 13.2. The number of hydrogen-bond donors (Lipinski definition) is 2. The first-order valence-electron chi connectivity index (χ1n) is 7.41. The highest BCUT2D eigenvalue weighted by Crippen LogP contribution is 2.49. The largest absolute Gasteiger partial charge is 0.497 e. The second kappa shape index (κ2) is 5.63. The molecule has 3 heterocycles. The molecule has 134 valence electrons. The Kier molecular flexibility index (Phi) is 3.62. The number of hydrogen-bond acceptors (Lipinski definition) is 6. The van der Waals surface area contributed by atoms with E-state index in [0.717, 1.165) is 24.0 Å². The number of halogens is 3. The van der Waals surface area contributed by atoms with Gasteiger partial charge in [0.2, 0.25) is 4.87 Å². The minimum atomic E-state index is -4.51. The number of thioether (sulfide) groups is 1. The van der Waals surface area contributed by atoms with Crippen LogP contribution in [-0.4, -0.2) is 23.0 Å². The molecule has 2 aliphatic rings. The average molecular weight is 380 g/mol. The summed E-state index contributed by atoms with van der Waals surface area (Å²) in [5, 5.41) is 7.28. The van der Waals surface area contributed by atoms with E-state index in [9.17, 15) is 18.0 Å². The normalized spacial score (nSPS) is 21.2. The fourth-order valence-electron chi connectivity index (χ4n) is 2.73. The summed E-state index contributed by atoms with van der Waals surface area (Å²) < 4.78 is 43.2. The van der Waals surface area contributed by atoms with Crippen LogP contribution in [0.4, 0.5) is 18.9 Å². The first kappa shape index (κ1) is 16.7. The fraction of sp³-hybridized carbons (Fsp3) is 0.188. The number of pyridine rings is 1. The van der Waals surface area contributed by atoms with Crippen LogP contribution in [0.5, 0.6) is 5.75 Å². The number of alkyl halides is 3. The Labute approximate surface area is 149 Å². The maximum atomic E-state index is 12.7. The van der Waals surface area contributed by atoms with Gasteiger partial charge in [0.1, 0.15) is 16.5 Å². The molecular weight excluding hydrogens is 369 g/mol. The zero-order chi connectivity index (χ0) is 18.5. The van der Waals surface area contributed by atoms with Gasteiger partial charge in [-0.3, -0.25) is 15.2 Å². The van der Waals surface area contributed by atoms with E-state index in [1.54, 1.807) is 18.2 Å². The predicted octanol–water partition coefficient (Wildman–Crippen LogP) is 2.91. The van der Waals surface area contributed by atoms with E-state index in [4.69, 9.17) is 4.74 Å². The van der Waals surface area contributed by atoms with Crippen LogP contribution in [-0.2, 0) is 15.8 Å². The highest BCUT2D eigenvalue weighted by molar-refractivity contribution is 8.16. The van der Waals surface area contributed by atoms with Crippen molar-refractivity contribution in [1.29, 1.82) is 0 Å². The van der Waals surface area contributed by atoms with Gasteiger partial charge < -0.3 is 10.1 Å². The van der Waals surface area contributed by atoms with Gasteiger partial charge in [0.05, 0.1) is 7.11 Å². The zero-order valence-corrected chi connectivity index (χ0v) is 14.0. The highest BCUT2D eigenvalue weighted by Gasteiger charge is 2.52. The number of ether oxygens (including phenoxy) is 1. The number of hydrazone groups is 1. The van der Waals surface area contributed by atoms with Crippen LogP contribution in [0, 0.1) is 0 Å². The molecule has 10 heteroatoms. The molecule has 0 aliphatic carbocycles. The second-order valence-electron chi connectivity index (χ2n) is 5.61. The molecule has 0 radical (unpaired) electrons. The molecule has 1 aromatic heterocycles. The first-order chi connectivity index (χ1) is 12.3. The van der Waals surface area contributed by atoms with Crippen molar-refractivity contribution in [2.24, 2.45) is 5.10 Å². The number of carbonyl (C=O) groups excluding carboxylic acids is 1. The van der Waals surface area contributed by atoms with Gasteiger partial charge in [-0.05, 0) is 30.3 Å². The van der Waals surface area contributed by atoms with Crippen LogP contribution in [0.2, 0.25) is 0 Å². The third-order valence-corrected chi connectivity index (χ3v) is 5.36.